The highest BCUT2D eigenvalue weighted by atomic mass is 35.5. The Balaban J connectivity index is 3.11. The molecular formula is C9H10Cl3NO. The molecule has 0 spiro atoms. The number of rotatable bonds is 3. The number of halogens is 3. The molecule has 0 aliphatic heterocycles. The molecule has 1 rings (SSSR count). The van der Waals surface area contributed by atoms with Gasteiger partial charge in [-0.05, 0) is 18.6 Å². The zero-order chi connectivity index (χ0) is 10.7. The van der Waals surface area contributed by atoms with E-state index in [0.717, 1.165) is 0 Å². The van der Waals surface area contributed by atoms with Gasteiger partial charge in [-0.3, -0.25) is 0 Å². The average molecular weight is 255 g/mol. The lowest BCUT2D eigenvalue weighted by atomic mass is 10.1. The summed E-state index contributed by atoms with van der Waals surface area (Å²) in [5.74, 6) is 0. The lowest BCUT2D eigenvalue weighted by molar-refractivity contribution is 0.276. The van der Waals surface area contributed by atoms with Gasteiger partial charge < -0.3 is 10.8 Å². The molecule has 5 heteroatoms. The SMILES string of the molecule is N[C@@H](CCO)c1c(Cl)ccc(Cl)c1Cl. The Morgan fingerprint density at radius 2 is 1.79 bits per heavy atom. The van der Waals surface area contributed by atoms with Crippen LogP contribution in [0, 0.1) is 0 Å². The fourth-order valence-corrected chi connectivity index (χ4v) is 1.98. The third-order valence-electron chi connectivity index (χ3n) is 1.89. The van der Waals surface area contributed by atoms with Crippen LogP contribution in [0.4, 0.5) is 0 Å². The smallest absolute Gasteiger partial charge is 0.0654 e. The van der Waals surface area contributed by atoms with Crippen LogP contribution in [0.3, 0.4) is 0 Å². The highest BCUT2D eigenvalue weighted by Crippen LogP contribution is 2.35. The third-order valence-corrected chi connectivity index (χ3v) is 3.04. The van der Waals surface area contributed by atoms with Gasteiger partial charge in [-0.1, -0.05) is 34.8 Å². The van der Waals surface area contributed by atoms with Crippen molar-refractivity contribution in [2.75, 3.05) is 6.61 Å². The summed E-state index contributed by atoms with van der Waals surface area (Å²) in [5.41, 5.74) is 6.38. The molecule has 0 saturated carbocycles. The average Bonchev–Trinajstić information content (AvgIpc) is 2.13. The molecule has 1 aromatic rings. The van der Waals surface area contributed by atoms with E-state index in [9.17, 15) is 0 Å². The van der Waals surface area contributed by atoms with Gasteiger partial charge in [-0.2, -0.15) is 0 Å². The molecule has 1 atom stereocenters. The van der Waals surface area contributed by atoms with Crippen molar-refractivity contribution in [3.63, 3.8) is 0 Å². The van der Waals surface area contributed by atoms with Crippen LogP contribution in [0.2, 0.25) is 15.1 Å². The summed E-state index contributed by atoms with van der Waals surface area (Å²) in [6, 6.07) is 2.86. The molecular weight excluding hydrogens is 244 g/mol. The Hall–Kier alpha value is 0.01000. The minimum absolute atomic E-state index is 0.0136. The molecule has 14 heavy (non-hydrogen) atoms. The summed E-state index contributed by atoms with van der Waals surface area (Å²) < 4.78 is 0. The molecule has 0 bridgehead atoms. The molecule has 0 unspecified atom stereocenters. The third kappa shape index (κ3) is 2.53. The zero-order valence-corrected chi connectivity index (χ0v) is 9.57. The van der Waals surface area contributed by atoms with E-state index in [0.29, 0.717) is 27.1 Å². The molecule has 0 amide bonds. The number of aliphatic hydroxyl groups is 1. The predicted molar refractivity (Wildman–Crippen MR) is 60.1 cm³/mol. The van der Waals surface area contributed by atoms with E-state index >= 15 is 0 Å². The summed E-state index contributed by atoms with van der Waals surface area (Å²) in [6.45, 7) is -0.0136. The van der Waals surface area contributed by atoms with Crippen LogP contribution in [-0.2, 0) is 0 Å². The Labute approximate surface area is 97.6 Å². The van der Waals surface area contributed by atoms with Gasteiger partial charge in [0.25, 0.3) is 0 Å². The van der Waals surface area contributed by atoms with Crippen molar-refractivity contribution in [1.29, 1.82) is 0 Å². The Kier molecular flexibility index (Phi) is 4.48. The van der Waals surface area contributed by atoms with E-state index in [2.05, 4.69) is 0 Å². The van der Waals surface area contributed by atoms with Crippen molar-refractivity contribution < 1.29 is 5.11 Å². The van der Waals surface area contributed by atoms with Crippen molar-refractivity contribution in [3.05, 3.63) is 32.8 Å². The maximum atomic E-state index is 8.75. The van der Waals surface area contributed by atoms with Gasteiger partial charge in [0.15, 0.2) is 0 Å². The number of hydrogen-bond acceptors (Lipinski definition) is 2. The second-order valence-corrected chi connectivity index (χ2v) is 4.07. The molecule has 0 heterocycles. The van der Waals surface area contributed by atoms with Crippen molar-refractivity contribution >= 4 is 34.8 Å². The molecule has 3 N–H and O–H groups in total. The number of aliphatic hydroxyl groups excluding tert-OH is 1. The molecule has 78 valence electrons. The topological polar surface area (TPSA) is 46.2 Å². The summed E-state index contributed by atoms with van der Waals surface area (Å²) in [5, 5.41) is 10.00. The maximum absolute atomic E-state index is 8.75. The van der Waals surface area contributed by atoms with Gasteiger partial charge in [0.05, 0.1) is 10.0 Å². The minimum atomic E-state index is -0.390. The monoisotopic (exact) mass is 253 g/mol. The first kappa shape index (κ1) is 12.1. The van der Waals surface area contributed by atoms with Crippen LogP contribution < -0.4 is 5.73 Å². The van der Waals surface area contributed by atoms with Crippen molar-refractivity contribution in [2.45, 2.75) is 12.5 Å². The van der Waals surface area contributed by atoms with Gasteiger partial charge >= 0.3 is 0 Å². The highest BCUT2D eigenvalue weighted by molar-refractivity contribution is 6.44. The molecule has 1 aromatic carbocycles. The lowest BCUT2D eigenvalue weighted by Gasteiger charge is -2.14. The van der Waals surface area contributed by atoms with Gasteiger partial charge in [-0.15, -0.1) is 0 Å². The van der Waals surface area contributed by atoms with Gasteiger partial charge in [-0.25, -0.2) is 0 Å². The second kappa shape index (κ2) is 5.19. The lowest BCUT2D eigenvalue weighted by Crippen LogP contribution is -2.13. The first-order chi connectivity index (χ1) is 6.57. The molecule has 0 aliphatic rings. The van der Waals surface area contributed by atoms with Crippen LogP contribution in [0.1, 0.15) is 18.0 Å². The largest absolute Gasteiger partial charge is 0.396 e. The molecule has 2 nitrogen and oxygen atoms in total. The number of nitrogens with two attached hydrogens (primary N) is 1. The van der Waals surface area contributed by atoms with Crippen LogP contribution in [0.5, 0.6) is 0 Å². The molecule has 0 aromatic heterocycles. The zero-order valence-electron chi connectivity index (χ0n) is 7.30. The van der Waals surface area contributed by atoms with Crippen LogP contribution >= 0.6 is 34.8 Å². The van der Waals surface area contributed by atoms with E-state index in [1.54, 1.807) is 12.1 Å². The summed E-state index contributed by atoms with van der Waals surface area (Å²) >= 11 is 17.7. The summed E-state index contributed by atoms with van der Waals surface area (Å²) in [4.78, 5) is 0. The van der Waals surface area contributed by atoms with E-state index in [1.165, 1.54) is 0 Å². The van der Waals surface area contributed by atoms with Crippen molar-refractivity contribution in [2.24, 2.45) is 5.73 Å². The highest BCUT2D eigenvalue weighted by Gasteiger charge is 2.15. The predicted octanol–water partition coefficient (Wildman–Crippen LogP) is 3.03. The first-order valence-electron chi connectivity index (χ1n) is 4.07. The van der Waals surface area contributed by atoms with Crippen molar-refractivity contribution in [3.8, 4) is 0 Å². The van der Waals surface area contributed by atoms with Gasteiger partial charge in [0, 0.05) is 23.2 Å². The minimum Gasteiger partial charge on any atom is -0.396 e. The van der Waals surface area contributed by atoms with Gasteiger partial charge in [0.2, 0.25) is 0 Å². The van der Waals surface area contributed by atoms with E-state index in [4.69, 9.17) is 45.6 Å². The van der Waals surface area contributed by atoms with Crippen molar-refractivity contribution in [1.82, 2.24) is 0 Å². The quantitative estimate of drug-likeness (QED) is 0.815. The van der Waals surface area contributed by atoms with E-state index in [-0.39, 0.29) is 6.61 Å². The first-order valence-corrected chi connectivity index (χ1v) is 5.21. The summed E-state index contributed by atoms with van der Waals surface area (Å²) in [7, 11) is 0. The number of hydrogen-bond donors (Lipinski definition) is 2. The van der Waals surface area contributed by atoms with Crippen LogP contribution in [0.15, 0.2) is 12.1 Å². The Bertz CT molecular complexity index is 330. The maximum Gasteiger partial charge on any atom is 0.0654 e. The molecule has 0 aliphatic carbocycles. The Morgan fingerprint density at radius 3 is 2.36 bits per heavy atom. The van der Waals surface area contributed by atoms with Crippen LogP contribution in [-0.4, -0.2) is 11.7 Å². The second-order valence-electron chi connectivity index (χ2n) is 2.88. The molecule has 0 saturated heterocycles. The molecule has 0 radical (unpaired) electrons. The standard InChI is InChI=1S/C9H10Cl3NO/c10-5-1-2-6(11)9(12)8(5)7(13)3-4-14/h1-2,7,14H,3-4,13H2/t7-/m0/s1. The summed E-state index contributed by atoms with van der Waals surface area (Å²) in [6.07, 6.45) is 0.403. The number of benzene rings is 1. The molecule has 0 fully saturated rings. The Morgan fingerprint density at radius 1 is 1.21 bits per heavy atom. The fraction of sp³-hybridized carbons (Fsp3) is 0.333. The van der Waals surface area contributed by atoms with E-state index in [1.807, 2.05) is 0 Å². The van der Waals surface area contributed by atoms with Crippen LogP contribution in [0.25, 0.3) is 0 Å². The van der Waals surface area contributed by atoms with E-state index < -0.39 is 6.04 Å². The van der Waals surface area contributed by atoms with Gasteiger partial charge in [0.1, 0.15) is 0 Å². The fourth-order valence-electron chi connectivity index (χ4n) is 1.17. The normalized spacial score (nSPS) is 12.9.